The van der Waals surface area contributed by atoms with E-state index < -0.39 is 0 Å². The maximum Gasteiger partial charge on any atom is 0.220 e. The summed E-state index contributed by atoms with van der Waals surface area (Å²) in [5.41, 5.74) is 1.13. The number of carbonyl (C=O) groups is 1. The molecule has 0 radical (unpaired) electrons. The second kappa shape index (κ2) is 9.12. The molecule has 1 saturated carbocycles. The Morgan fingerprint density at radius 3 is 2.58 bits per heavy atom. The van der Waals surface area contributed by atoms with Crippen LogP contribution in [-0.2, 0) is 4.79 Å². The minimum Gasteiger partial charge on any atom is -0.367 e. The quantitative estimate of drug-likeness (QED) is 0.631. The van der Waals surface area contributed by atoms with Crippen molar-refractivity contribution in [2.75, 3.05) is 23.7 Å². The molecule has 2 heterocycles. The lowest BCUT2D eigenvalue weighted by Crippen LogP contribution is -2.30. The molecule has 7 nitrogen and oxygen atoms in total. The summed E-state index contributed by atoms with van der Waals surface area (Å²) in [6.45, 7) is 3.22. The maximum absolute atomic E-state index is 11.9. The Labute approximate surface area is 154 Å². The molecule has 0 unspecified atom stereocenters. The van der Waals surface area contributed by atoms with Crippen LogP contribution in [0, 0.1) is 12.8 Å². The van der Waals surface area contributed by atoms with E-state index in [2.05, 4.69) is 31.1 Å². The van der Waals surface area contributed by atoms with Gasteiger partial charge < -0.3 is 16.0 Å². The third kappa shape index (κ3) is 5.68. The molecule has 0 aromatic carbocycles. The smallest absolute Gasteiger partial charge is 0.220 e. The van der Waals surface area contributed by atoms with Gasteiger partial charge in [-0.1, -0.05) is 12.8 Å². The van der Waals surface area contributed by atoms with Gasteiger partial charge in [0.15, 0.2) is 5.82 Å². The Kier molecular flexibility index (Phi) is 6.35. The number of hydrogen-bond donors (Lipinski definition) is 3. The number of pyridine rings is 1. The first-order valence-corrected chi connectivity index (χ1v) is 9.23. The van der Waals surface area contributed by atoms with Crippen LogP contribution in [0.1, 0.15) is 37.7 Å². The molecule has 1 amide bonds. The van der Waals surface area contributed by atoms with Crippen molar-refractivity contribution in [3.05, 3.63) is 36.0 Å². The zero-order valence-electron chi connectivity index (χ0n) is 15.2. The lowest BCUT2D eigenvalue weighted by molar-refractivity contribution is -0.121. The molecule has 138 valence electrons. The molecule has 0 aliphatic heterocycles. The van der Waals surface area contributed by atoms with Crippen LogP contribution in [0.5, 0.6) is 0 Å². The average Bonchev–Trinajstić information content (AvgIpc) is 3.13. The number of rotatable bonds is 8. The number of aryl methyl sites for hydroxylation is 1. The van der Waals surface area contributed by atoms with Crippen molar-refractivity contribution in [1.82, 2.24) is 20.5 Å². The van der Waals surface area contributed by atoms with Gasteiger partial charge in [0, 0.05) is 25.7 Å². The van der Waals surface area contributed by atoms with Gasteiger partial charge in [-0.05, 0) is 55.5 Å². The number of hydrogen-bond acceptors (Lipinski definition) is 6. The molecule has 1 aliphatic carbocycles. The summed E-state index contributed by atoms with van der Waals surface area (Å²) >= 11 is 0. The Hall–Kier alpha value is -2.70. The van der Waals surface area contributed by atoms with E-state index in [1.54, 1.807) is 6.20 Å². The standard InChI is InChI=1S/C19H26N6O/c1-14-8-9-20-18(12-14)23-17-7-6-16(24-25-17)21-10-11-22-19(26)13-15-4-2-3-5-15/h6-9,12,15H,2-5,10-11,13H2,1H3,(H,21,24)(H,22,26)(H,20,23,25). The van der Waals surface area contributed by atoms with E-state index in [1.165, 1.54) is 25.7 Å². The van der Waals surface area contributed by atoms with E-state index in [0.717, 1.165) is 11.4 Å². The van der Waals surface area contributed by atoms with Crippen molar-refractivity contribution in [2.24, 2.45) is 5.92 Å². The fourth-order valence-corrected chi connectivity index (χ4v) is 3.17. The molecule has 26 heavy (non-hydrogen) atoms. The highest BCUT2D eigenvalue weighted by Crippen LogP contribution is 2.27. The predicted molar refractivity (Wildman–Crippen MR) is 102 cm³/mol. The summed E-state index contributed by atoms with van der Waals surface area (Å²) in [6.07, 6.45) is 7.33. The van der Waals surface area contributed by atoms with Crippen molar-refractivity contribution < 1.29 is 4.79 Å². The lowest BCUT2D eigenvalue weighted by atomic mass is 10.0. The van der Waals surface area contributed by atoms with E-state index in [1.807, 2.05) is 31.2 Å². The molecule has 0 bridgehead atoms. The topological polar surface area (TPSA) is 91.8 Å². The number of amides is 1. The Morgan fingerprint density at radius 2 is 1.85 bits per heavy atom. The molecule has 0 spiro atoms. The lowest BCUT2D eigenvalue weighted by Gasteiger charge is -2.10. The molecular formula is C19H26N6O. The van der Waals surface area contributed by atoms with E-state index in [0.29, 0.717) is 37.1 Å². The highest BCUT2D eigenvalue weighted by molar-refractivity contribution is 5.76. The van der Waals surface area contributed by atoms with E-state index >= 15 is 0 Å². The molecule has 3 rings (SSSR count). The second-order valence-corrected chi connectivity index (χ2v) is 6.78. The van der Waals surface area contributed by atoms with Gasteiger partial charge in [-0.15, -0.1) is 10.2 Å². The third-order valence-corrected chi connectivity index (χ3v) is 4.54. The molecule has 0 saturated heterocycles. The molecule has 7 heteroatoms. The molecule has 2 aromatic heterocycles. The SMILES string of the molecule is Cc1ccnc(Nc2ccc(NCCNC(=O)CC3CCCC3)nn2)c1. The summed E-state index contributed by atoms with van der Waals surface area (Å²) in [7, 11) is 0. The van der Waals surface area contributed by atoms with Crippen molar-refractivity contribution in [3.8, 4) is 0 Å². The molecular weight excluding hydrogens is 328 g/mol. The largest absolute Gasteiger partial charge is 0.367 e. The van der Waals surface area contributed by atoms with Gasteiger partial charge in [0.05, 0.1) is 0 Å². The summed E-state index contributed by atoms with van der Waals surface area (Å²) in [5, 5.41) is 17.5. The van der Waals surface area contributed by atoms with Gasteiger partial charge >= 0.3 is 0 Å². The Bertz CT molecular complexity index is 712. The monoisotopic (exact) mass is 354 g/mol. The predicted octanol–water partition coefficient (Wildman–Crippen LogP) is 3.03. The minimum atomic E-state index is 0.148. The van der Waals surface area contributed by atoms with Gasteiger partial charge in [0.25, 0.3) is 0 Å². The van der Waals surface area contributed by atoms with Gasteiger partial charge in [-0.3, -0.25) is 4.79 Å². The summed E-state index contributed by atoms with van der Waals surface area (Å²) in [4.78, 5) is 16.1. The number of aromatic nitrogens is 3. The van der Waals surface area contributed by atoms with Crippen LogP contribution in [0.25, 0.3) is 0 Å². The summed E-state index contributed by atoms with van der Waals surface area (Å²) in [5.74, 6) is 2.79. The van der Waals surface area contributed by atoms with Gasteiger partial charge in [0.2, 0.25) is 5.91 Å². The zero-order chi connectivity index (χ0) is 18.2. The van der Waals surface area contributed by atoms with Crippen LogP contribution < -0.4 is 16.0 Å². The Balaban J connectivity index is 1.37. The Morgan fingerprint density at radius 1 is 1.08 bits per heavy atom. The van der Waals surface area contributed by atoms with E-state index in [-0.39, 0.29) is 5.91 Å². The average molecular weight is 354 g/mol. The highest BCUT2D eigenvalue weighted by Gasteiger charge is 2.17. The number of nitrogens with one attached hydrogen (secondary N) is 3. The molecule has 1 fully saturated rings. The van der Waals surface area contributed by atoms with Crippen LogP contribution >= 0.6 is 0 Å². The number of nitrogens with zero attached hydrogens (tertiary/aromatic N) is 3. The van der Waals surface area contributed by atoms with Crippen molar-refractivity contribution in [1.29, 1.82) is 0 Å². The van der Waals surface area contributed by atoms with Crippen LogP contribution in [-0.4, -0.2) is 34.2 Å². The van der Waals surface area contributed by atoms with E-state index in [9.17, 15) is 4.79 Å². The number of carbonyl (C=O) groups excluding carboxylic acids is 1. The van der Waals surface area contributed by atoms with Crippen LogP contribution in [0.15, 0.2) is 30.5 Å². The van der Waals surface area contributed by atoms with Crippen molar-refractivity contribution >= 4 is 23.4 Å². The first kappa shape index (κ1) is 18.1. The minimum absolute atomic E-state index is 0.148. The fourth-order valence-electron chi connectivity index (χ4n) is 3.17. The van der Waals surface area contributed by atoms with Crippen LogP contribution in [0.3, 0.4) is 0 Å². The van der Waals surface area contributed by atoms with Crippen LogP contribution in [0.2, 0.25) is 0 Å². The van der Waals surface area contributed by atoms with Crippen LogP contribution in [0.4, 0.5) is 17.5 Å². The number of anilines is 3. The molecule has 2 aromatic rings. The van der Waals surface area contributed by atoms with Gasteiger partial charge in [-0.25, -0.2) is 4.98 Å². The maximum atomic E-state index is 11.9. The van der Waals surface area contributed by atoms with Gasteiger partial charge in [0.1, 0.15) is 11.6 Å². The first-order chi connectivity index (χ1) is 12.7. The normalized spacial score (nSPS) is 14.2. The molecule has 0 atom stereocenters. The van der Waals surface area contributed by atoms with Crippen molar-refractivity contribution in [3.63, 3.8) is 0 Å². The molecule has 3 N–H and O–H groups in total. The van der Waals surface area contributed by atoms with Gasteiger partial charge in [-0.2, -0.15) is 0 Å². The third-order valence-electron chi connectivity index (χ3n) is 4.54. The summed E-state index contributed by atoms with van der Waals surface area (Å²) in [6, 6.07) is 7.59. The fraction of sp³-hybridized carbons (Fsp3) is 0.474. The molecule has 1 aliphatic rings. The summed E-state index contributed by atoms with van der Waals surface area (Å²) < 4.78 is 0. The highest BCUT2D eigenvalue weighted by atomic mass is 16.1. The van der Waals surface area contributed by atoms with Crippen molar-refractivity contribution in [2.45, 2.75) is 39.0 Å². The second-order valence-electron chi connectivity index (χ2n) is 6.78. The van der Waals surface area contributed by atoms with E-state index in [4.69, 9.17) is 0 Å². The first-order valence-electron chi connectivity index (χ1n) is 9.23. The zero-order valence-corrected chi connectivity index (χ0v) is 15.2.